The summed E-state index contributed by atoms with van der Waals surface area (Å²) in [6.45, 7) is 2.10. The average molecular weight is 226 g/mol. The Morgan fingerprint density at radius 3 is 2.53 bits per heavy atom. The zero-order chi connectivity index (χ0) is 11.3. The molecule has 0 saturated heterocycles. The van der Waals surface area contributed by atoms with Crippen molar-refractivity contribution in [1.82, 2.24) is 0 Å². The van der Waals surface area contributed by atoms with Crippen molar-refractivity contribution in [3.05, 3.63) is 29.8 Å². The lowest BCUT2D eigenvalue weighted by Crippen LogP contribution is -2.30. The summed E-state index contributed by atoms with van der Waals surface area (Å²) in [7, 11) is 4.22. The van der Waals surface area contributed by atoms with Crippen molar-refractivity contribution < 1.29 is 14.5 Å². The van der Waals surface area contributed by atoms with Crippen LogP contribution >= 0.6 is 0 Å². The van der Waals surface area contributed by atoms with Crippen molar-refractivity contribution in [2.45, 2.75) is 18.6 Å². The van der Waals surface area contributed by atoms with E-state index in [2.05, 4.69) is 11.8 Å². The van der Waals surface area contributed by atoms with Crippen molar-refractivity contribution in [1.29, 1.82) is 0 Å². The quantitative estimate of drug-likeness (QED) is 0.424. The lowest BCUT2D eigenvalue weighted by molar-refractivity contribution is -0.178. The highest BCUT2D eigenvalue weighted by molar-refractivity contribution is 6.14. The van der Waals surface area contributed by atoms with Gasteiger partial charge in [0, 0.05) is 34.6 Å². The summed E-state index contributed by atoms with van der Waals surface area (Å²) in [6, 6.07) is 7.84. The molecule has 0 saturated carbocycles. The molecule has 0 aliphatic carbocycles. The maximum absolute atomic E-state index is 5.44. The maximum atomic E-state index is 5.44. The molecule has 4 heteroatoms. The fourth-order valence-corrected chi connectivity index (χ4v) is 1.73. The highest BCUT2D eigenvalue weighted by Gasteiger charge is 2.19. The van der Waals surface area contributed by atoms with E-state index in [1.807, 2.05) is 24.3 Å². The Morgan fingerprint density at radius 1 is 1.27 bits per heavy atom. The van der Waals surface area contributed by atoms with Gasteiger partial charge in [-0.05, 0) is 13.0 Å². The van der Waals surface area contributed by atoms with Crippen molar-refractivity contribution in [3.8, 4) is 5.75 Å². The van der Waals surface area contributed by atoms with Crippen LogP contribution in [0.1, 0.15) is 12.5 Å². The van der Waals surface area contributed by atoms with Gasteiger partial charge in [-0.15, -0.1) is 0 Å². The van der Waals surface area contributed by atoms with Crippen LogP contribution in [0.2, 0.25) is 0 Å². The van der Waals surface area contributed by atoms with Crippen LogP contribution in [-0.2, 0) is 16.0 Å². The molecule has 0 heterocycles. The second-order valence-corrected chi connectivity index (χ2v) is 6.11. The molecule has 0 bridgehead atoms. The molecule has 1 aromatic carbocycles. The molecule has 0 radical (unpaired) electrons. The topological polar surface area (TPSA) is 27.7 Å². The third-order valence-electron chi connectivity index (χ3n) is 2.31. The molecule has 1 unspecified atom stereocenters. The summed E-state index contributed by atoms with van der Waals surface area (Å²) >= 11 is 0. The molecule has 84 valence electrons. The molecule has 0 N–H and O–H groups in total. The Bertz CT molecular complexity index is 312. The van der Waals surface area contributed by atoms with Crippen LogP contribution in [-0.4, -0.2) is 29.7 Å². The monoisotopic (exact) mass is 226 g/mol. The zero-order valence-electron chi connectivity index (χ0n) is 9.74. The van der Waals surface area contributed by atoms with Crippen molar-refractivity contribution in [3.63, 3.8) is 0 Å². The first-order chi connectivity index (χ1) is 7.09. The minimum absolute atomic E-state index is 0.0623. The van der Waals surface area contributed by atoms with Crippen molar-refractivity contribution in [2.24, 2.45) is 0 Å². The lowest BCUT2D eigenvalue weighted by atomic mass is 10.1. The summed E-state index contributed by atoms with van der Waals surface area (Å²) in [4.78, 5) is 9.77. The van der Waals surface area contributed by atoms with E-state index in [4.69, 9.17) is 9.62 Å². The molecule has 0 aromatic heterocycles. The predicted octanol–water partition coefficient (Wildman–Crippen LogP) is 0.897. The van der Waals surface area contributed by atoms with Crippen LogP contribution in [0.5, 0.6) is 5.75 Å². The highest BCUT2D eigenvalue weighted by Crippen LogP contribution is 2.23. The second-order valence-electron chi connectivity index (χ2n) is 4.00. The van der Waals surface area contributed by atoms with Crippen LogP contribution in [0, 0.1) is 0 Å². The SMILES string of the molecule is COOc1ccccc1CC(C)([SiH3])OC. The van der Waals surface area contributed by atoms with E-state index in [0.29, 0.717) is 0 Å². The first kappa shape index (κ1) is 12.2. The number of methoxy groups -OCH3 is 1. The van der Waals surface area contributed by atoms with E-state index in [1.165, 1.54) is 7.11 Å². The molecule has 1 atom stereocenters. The lowest BCUT2D eigenvalue weighted by Gasteiger charge is -2.23. The van der Waals surface area contributed by atoms with Gasteiger partial charge in [-0.3, -0.25) is 0 Å². The largest absolute Gasteiger partial charge is 0.383 e. The predicted molar refractivity (Wildman–Crippen MR) is 63.1 cm³/mol. The Kier molecular flexibility index (Phi) is 4.32. The Balaban J connectivity index is 2.84. The highest BCUT2D eigenvalue weighted by atomic mass is 28.1. The summed E-state index contributed by atoms with van der Waals surface area (Å²) < 4.78 is 5.44. The number of benzene rings is 1. The smallest absolute Gasteiger partial charge is 0.168 e. The molecule has 1 rings (SSSR count). The number of para-hydroxylation sites is 1. The Labute approximate surface area is 93.7 Å². The number of hydrogen-bond donors (Lipinski definition) is 0. The van der Waals surface area contributed by atoms with E-state index < -0.39 is 0 Å². The molecule has 0 aliphatic heterocycles. The maximum Gasteiger partial charge on any atom is 0.168 e. The zero-order valence-corrected chi connectivity index (χ0v) is 11.7. The van der Waals surface area contributed by atoms with Crippen LogP contribution in [0.25, 0.3) is 0 Å². The molecule has 15 heavy (non-hydrogen) atoms. The van der Waals surface area contributed by atoms with Gasteiger partial charge in [0.05, 0.1) is 7.11 Å². The van der Waals surface area contributed by atoms with E-state index in [0.717, 1.165) is 28.0 Å². The minimum Gasteiger partial charge on any atom is -0.383 e. The second kappa shape index (κ2) is 5.30. The van der Waals surface area contributed by atoms with E-state index in [9.17, 15) is 0 Å². The van der Waals surface area contributed by atoms with Crippen LogP contribution in [0.15, 0.2) is 24.3 Å². The first-order valence-electron chi connectivity index (χ1n) is 4.93. The molecular formula is C11H18O3Si. The minimum atomic E-state index is -0.0623. The average Bonchev–Trinajstić information content (AvgIpc) is 2.21. The number of hydrogen-bond acceptors (Lipinski definition) is 3. The third-order valence-corrected chi connectivity index (χ3v) is 3.08. The number of ether oxygens (including phenoxy) is 1. The Morgan fingerprint density at radius 2 is 1.93 bits per heavy atom. The third kappa shape index (κ3) is 3.66. The summed E-state index contributed by atoms with van der Waals surface area (Å²) in [5.41, 5.74) is 1.11. The molecule has 0 spiro atoms. The molecule has 0 fully saturated rings. The molecule has 0 aliphatic rings. The standard InChI is InChI=1S/C11H18O3Si/c1-11(15,12-2)8-9-6-4-5-7-10(9)14-13-3/h4-7H,8H2,1-3,15H3. The molecule has 1 aromatic rings. The summed E-state index contributed by atoms with van der Waals surface area (Å²) in [6.07, 6.45) is 0.843. The Hall–Kier alpha value is -0.843. The van der Waals surface area contributed by atoms with Crippen LogP contribution in [0.3, 0.4) is 0 Å². The summed E-state index contributed by atoms with van der Waals surface area (Å²) in [5.74, 6) is 0.763. The van der Waals surface area contributed by atoms with Gasteiger partial charge in [0.2, 0.25) is 0 Å². The molecule has 0 amide bonds. The summed E-state index contributed by atoms with van der Waals surface area (Å²) in [5, 5.41) is -0.0623. The molecule has 3 nitrogen and oxygen atoms in total. The van der Waals surface area contributed by atoms with Gasteiger partial charge in [0.1, 0.15) is 0 Å². The van der Waals surface area contributed by atoms with Crippen LogP contribution < -0.4 is 4.89 Å². The first-order valence-corrected chi connectivity index (χ1v) is 5.93. The van der Waals surface area contributed by atoms with E-state index in [-0.39, 0.29) is 5.22 Å². The van der Waals surface area contributed by atoms with Gasteiger partial charge in [-0.2, -0.15) is 4.89 Å². The fraction of sp³-hybridized carbons (Fsp3) is 0.455. The molecular weight excluding hydrogens is 208 g/mol. The van der Waals surface area contributed by atoms with Gasteiger partial charge in [0.15, 0.2) is 5.75 Å². The van der Waals surface area contributed by atoms with Gasteiger partial charge >= 0.3 is 0 Å². The van der Waals surface area contributed by atoms with Crippen LogP contribution in [0.4, 0.5) is 0 Å². The fourth-order valence-electron chi connectivity index (χ4n) is 1.35. The number of rotatable bonds is 5. The van der Waals surface area contributed by atoms with Crippen molar-refractivity contribution >= 4 is 10.2 Å². The van der Waals surface area contributed by atoms with E-state index >= 15 is 0 Å². The van der Waals surface area contributed by atoms with Gasteiger partial charge in [-0.25, -0.2) is 0 Å². The van der Waals surface area contributed by atoms with Gasteiger partial charge in [0.25, 0.3) is 0 Å². The van der Waals surface area contributed by atoms with Gasteiger partial charge in [-0.1, -0.05) is 18.2 Å². The normalized spacial score (nSPS) is 14.9. The van der Waals surface area contributed by atoms with Gasteiger partial charge < -0.3 is 9.62 Å². The van der Waals surface area contributed by atoms with Crippen molar-refractivity contribution in [2.75, 3.05) is 14.2 Å². The van der Waals surface area contributed by atoms with E-state index in [1.54, 1.807) is 7.11 Å².